The molecule has 4 heteroatoms. The van der Waals surface area contributed by atoms with Crippen molar-refractivity contribution in [2.24, 2.45) is 0 Å². The minimum Gasteiger partial charge on any atom is -0.492 e. The quantitative estimate of drug-likeness (QED) is 0.595. The van der Waals surface area contributed by atoms with E-state index in [9.17, 15) is 4.79 Å². The number of hydrogen-bond donors (Lipinski definition) is 0. The van der Waals surface area contributed by atoms with Gasteiger partial charge in [0.25, 0.3) is 0 Å². The van der Waals surface area contributed by atoms with Gasteiger partial charge in [-0.05, 0) is 26.2 Å². The van der Waals surface area contributed by atoms with Crippen LogP contribution in [0.3, 0.4) is 0 Å². The van der Waals surface area contributed by atoms with E-state index in [1.807, 2.05) is 31.4 Å². The number of halogens is 1. The Morgan fingerprint density at radius 1 is 1.56 bits per heavy atom. The van der Waals surface area contributed by atoms with Crippen molar-refractivity contribution in [3.63, 3.8) is 0 Å². The van der Waals surface area contributed by atoms with Crippen LogP contribution >= 0.6 is 23.4 Å². The second-order valence-corrected chi connectivity index (χ2v) is 4.57. The van der Waals surface area contributed by atoms with Gasteiger partial charge in [-0.25, -0.2) is 0 Å². The molecule has 0 spiro atoms. The van der Waals surface area contributed by atoms with Crippen molar-refractivity contribution >= 4 is 29.1 Å². The van der Waals surface area contributed by atoms with E-state index in [4.69, 9.17) is 16.3 Å². The molecule has 1 unspecified atom stereocenters. The Morgan fingerprint density at radius 2 is 2.25 bits per heavy atom. The van der Waals surface area contributed by atoms with Gasteiger partial charge in [-0.15, -0.1) is 23.4 Å². The Morgan fingerprint density at radius 3 is 2.75 bits per heavy atom. The van der Waals surface area contributed by atoms with E-state index >= 15 is 0 Å². The topological polar surface area (TPSA) is 26.3 Å². The fourth-order valence-corrected chi connectivity index (χ4v) is 2.16. The first-order chi connectivity index (χ1) is 7.61. The SMILES string of the molecule is CCOc1c(SC)cccc1C(Cl)C(C)=O. The number of para-hydroxylation sites is 1. The molecular formula is C12H15ClO2S. The highest BCUT2D eigenvalue weighted by Crippen LogP contribution is 2.37. The predicted octanol–water partition coefficient (Wildman–Crippen LogP) is 3.68. The van der Waals surface area contributed by atoms with Gasteiger partial charge >= 0.3 is 0 Å². The lowest BCUT2D eigenvalue weighted by Crippen LogP contribution is -2.06. The summed E-state index contributed by atoms with van der Waals surface area (Å²) in [5, 5.41) is -0.631. The Bertz CT molecular complexity index is 379. The molecule has 0 aliphatic heterocycles. The average molecular weight is 259 g/mol. The lowest BCUT2D eigenvalue weighted by atomic mass is 10.1. The van der Waals surface area contributed by atoms with Crippen molar-refractivity contribution in [3.8, 4) is 5.75 Å². The summed E-state index contributed by atoms with van der Waals surface area (Å²) in [4.78, 5) is 12.3. The smallest absolute Gasteiger partial charge is 0.152 e. The van der Waals surface area contributed by atoms with Crippen molar-refractivity contribution in [3.05, 3.63) is 23.8 Å². The van der Waals surface area contributed by atoms with Gasteiger partial charge in [0.1, 0.15) is 11.1 Å². The molecule has 0 bridgehead atoms. The normalized spacial score (nSPS) is 12.2. The van der Waals surface area contributed by atoms with E-state index in [2.05, 4.69) is 0 Å². The number of thioether (sulfide) groups is 1. The molecule has 0 N–H and O–H groups in total. The van der Waals surface area contributed by atoms with Gasteiger partial charge in [-0.3, -0.25) is 4.79 Å². The molecule has 0 saturated heterocycles. The first-order valence-electron chi connectivity index (χ1n) is 5.06. The van der Waals surface area contributed by atoms with Gasteiger partial charge in [0, 0.05) is 10.5 Å². The lowest BCUT2D eigenvalue weighted by Gasteiger charge is -2.15. The number of hydrogen-bond acceptors (Lipinski definition) is 3. The van der Waals surface area contributed by atoms with Crippen LogP contribution in [0.2, 0.25) is 0 Å². The summed E-state index contributed by atoms with van der Waals surface area (Å²) >= 11 is 7.66. The maximum absolute atomic E-state index is 11.3. The second-order valence-electron chi connectivity index (χ2n) is 3.28. The van der Waals surface area contributed by atoms with Crippen molar-refractivity contribution in [2.75, 3.05) is 12.9 Å². The molecule has 0 radical (unpaired) electrons. The summed E-state index contributed by atoms with van der Waals surface area (Å²) < 4.78 is 5.57. The number of ketones is 1. The molecule has 0 amide bonds. The highest BCUT2D eigenvalue weighted by atomic mass is 35.5. The van der Waals surface area contributed by atoms with Gasteiger partial charge in [0.15, 0.2) is 5.78 Å². The minimum absolute atomic E-state index is 0.0686. The van der Waals surface area contributed by atoms with Crippen LogP contribution in [0.1, 0.15) is 24.8 Å². The van der Waals surface area contributed by atoms with Gasteiger partial charge < -0.3 is 4.74 Å². The lowest BCUT2D eigenvalue weighted by molar-refractivity contribution is -0.116. The molecular weight excluding hydrogens is 244 g/mol. The third kappa shape index (κ3) is 2.92. The molecule has 0 fully saturated rings. The standard InChI is InChI=1S/C12H15ClO2S/c1-4-15-12-9(11(13)8(2)14)6-5-7-10(12)16-3/h5-7,11H,4H2,1-3H3. The molecule has 0 saturated carbocycles. The number of carbonyl (C=O) groups is 1. The van der Waals surface area contributed by atoms with Crippen LogP contribution in [0, 0.1) is 0 Å². The number of benzene rings is 1. The molecule has 0 heterocycles. The number of carbonyl (C=O) groups excluding carboxylic acids is 1. The first kappa shape index (κ1) is 13.4. The Balaban J connectivity index is 3.20. The van der Waals surface area contributed by atoms with Crippen LogP contribution in [-0.2, 0) is 4.79 Å². The maximum atomic E-state index is 11.3. The average Bonchev–Trinajstić information content (AvgIpc) is 2.28. The number of rotatable bonds is 5. The van der Waals surface area contributed by atoms with Gasteiger partial charge in [0.05, 0.1) is 6.61 Å². The molecule has 1 atom stereocenters. The van der Waals surface area contributed by atoms with Crippen molar-refractivity contribution in [2.45, 2.75) is 24.1 Å². The number of ether oxygens (including phenoxy) is 1. The number of Topliss-reactive ketones (excluding diaryl/α,β-unsaturated/α-hetero) is 1. The zero-order chi connectivity index (χ0) is 12.1. The number of alkyl halides is 1. The van der Waals surface area contributed by atoms with Gasteiger partial charge in [0.2, 0.25) is 0 Å². The molecule has 1 aromatic rings. The highest BCUT2D eigenvalue weighted by molar-refractivity contribution is 7.98. The van der Waals surface area contributed by atoms with Crippen molar-refractivity contribution in [1.29, 1.82) is 0 Å². The highest BCUT2D eigenvalue weighted by Gasteiger charge is 2.19. The van der Waals surface area contributed by atoms with E-state index in [0.29, 0.717) is 6.61 Å². The Hall–Kier alpha value is -0.670. The second kappa shape index (κ2) is 6.16. The zero-order valence-electron chi connectivity index (χ0n) is 9.62. The third-order valence-corrected chi connectivity index (χ3v) is 3.45. The molecule has 88 valence electrons. The van der Waals surface area contributed by atoms with Crippen LogP contribution in [0.4, 0.5) is 0 Å². The van der Waals surface area contributed by atoms with E-state index < -0.39 is 5.38 Å². The zero-order valence-corrected chi connectivity index (χ0v) is 11.2. The fraction of sp³-hybridized carbons (Fsp3) is 0.417. The van der Waals surface area contributed by atoms with E-state index in [-0.39, 0.29) is 5.78 Å². The predicted molar refractivity (Wildman–Crippen MR) is 68.7 cm³/mol. The monoisotopic (exact) mass is 258 g/mol. The summed E-state index contributed by atoms with van der Waals surface area (Å²) in [5.41, 5.74) is 0.753. The third-order valence-electron chi connectivity index (χ3n) is 2.15. The van der Waals surface area contributed by atoms with Crippen LogP contribution in [0.5, 0.6) is 5.75 Å². The van der Waals surface area contributed by atoms with E-state index in [0.717, 1.165) is 16.2 Å². The van der Waals surface area contributed by atoms with E-state index in [1.165, 1.54) is 6.92 Å². The fourth-order valence-electron chi connectivity index (χ4n) is 1.41. The molecule has 0 aliphatic carbocycles. The summed E-state index contributed by atoms with van der Waals surface area (Å²) in [6.07, 6.45) is 1.97. The summed E-state index contributed by atoms with van der Waals surface area (Å²) in [5.74, 6) is 0.661. The van der Waals surface area contributed by atoms with Gasteiger partial charge in [-0.1, -0.05) is 12.1 Å². The largest absolute Gasteiger partial charge is 0.492 e. The van der Waals surface area contributed by atoms with Crippen molar-refractivity contribution in [1.82, 2.24) is 0 Å². The Kier molecular flexibility index (Phi) is 5.16. The summed E-state index contributed by atoms with van der Waals surface area (Å²) in [6, 6.07) is 5.69. The molecule has 0 aliphatic rings. The molecule has 16 heavy (non-hydrogen) atoms. The maximum Gasteiger partial charge on any atom is 0.152 e. The van der Waals surface area contributed by atoms with E-state index in [1.54, 1.807) is 11.8 Å². The summed E-state index contributed by atoms with van der Waals surface area (Å²) in [7, 11) is 0. The summed E-state index contributed by atoms with van der Waals surface area (Å²) in [6.45, 7) is 3.96. The molecule has 1 aromatic carbocycles. The molecule has 2 nitrogen and oxygen atoms in total. The van der Waals surface area contributed by atoms with Crippen LogP contribution in [-0.4, -0.2) is 18.6 Å². The van der Waals surface area contributed by atoms with Gasteiger partial charge in [-0.2, -0.15) is 0 Å². The van der Waals surface area contributed by atoms with Crippen LogP contribution in [0.25, 0.3) is 0 Å². The Labute approximate surface area is 105 Å². The van der Waals surface area contributed by atoms with Crippen molar-refractivity contribution < 1.29 is 9.53 Å². The molecule has 0 aromatic heterocycles. The first-order valence-corrected chi connectivity index (χ1v) is 6.72. The molecule has 1 rings (SSSR count). The minimum atomic E-state index is -0.631. The van der Waals surface area contributed by atoms with Crippen LogP contribution in [0.15, 0.2) is 23.1 Å². The van der Waals surface area contributed by atoms with Crippen LogP contribution < -0.4 is 4.74 Å².